The van der Waals surface area contributed by atoms with Gasteiger partial charge in [-0.2, -0.15) is 11.8 Å². The van der Waals surface area contributed by atoms with Crippen LogP contribution < -0.4 is 5.32 Å². The van der Waals surface area contributed by atoms with Gasteiger partial charge in [-0.3, -0.25) is 4.90 Å². The van der Waals surface area contributed by atoms with Gasteiger partial charge in [0.1, 0.15) is 0 Å². The molecule has 3 heteroatoms. The molecule has 1 saturated carbocycles. The lowest BCUT2D eigenvalue weighted by Crippen LogP contribution is -2.47. The minimum atomic E-state index is 0.759. The van der Waals surface area contributed by atoms with E-state index in [4.69, 9.17) is 0 Å². The average Bonchev–Trinajstić information content (AvgIpc) is 2.96. The van der Waals surface area contributed by atoms with Gasteiger partial charge in [0.15, 0.2) is 0 Å². The van der Waals surface area contributed by atoms with Crippen LogP contribution in [0.4, 0.5) is 0 Å². The molecule has 2 unspecified atom stereocenters. The molecule has 1 aliphatic heterocycles. The van der Waals surface area contributed by atoms with Crippen LogP contribution in [0.25, 0.3) is 0 Å². The lowest BCUT2D eigenvalue weighted by atomic mass is 10.2. The van der Waals surface area contributed by atoms with E-state index in [2.05, 4.69) is 35.8 Å². The molecule has 2 rings (SSSR count). The first-order valence-corrected chi connectivity index (χ1v) is 6.91. The van der Waals surface area contributed by atoms with Crippen LogP contribution >= 0.6 is 11.8 Å². The molecule has 1 N–H and O–H groups in total. The van der Waals surface area contributed by atoms with Gasteiger partial charge >= 0.3 is 0 Å². The molecule has 1 aliphatic carbocycles. The molecule has 1 heterocycles. The monoisotopic (exact) mass is 214 g/mol. The van der Waals surface area contributed by atoms with Crippen LogP contribution in [0.3, 0.4) is 0 Å². The van der Waals surface area contributed by atoms with Gasteiger partial charge in [-0.1, -0.05) is 6.92 Å². The largest absolute Gasteiger partial charge is 0.313 e. The zero-order valence-electron chi connectivity index (χ0n) is 9.33. The molecule has 2 aliphatic rings. The Balaban J connectivity index is 1.66. The van der Waals surface area contributed by atoms with Crippen molar-refractivity contribution in [1.82, 2.24) is 10.2 Å². The fraction of sp³-hybridized carbons (Fsp3) is 1.00. The minimum absolute atomic E-state index is 0.759. The van der Waals surface area contributed by atoms with Gasteiger partial charge in [-0.25, -0.2) is 0 Å². The van der Waals surface area contributed by atoms with Gasteiger partial charge in [0.05, 0.1) is 0 Å². The zero-order valence-corrected chi connectivity index (χ0v) is 10.1. The first-order chi connectivity index (χ1) is 6.77. The predicted molar refractivity (Wildman–Crippen MR) is 64.0 cm³/mol. The number of hydrogen-bond acceptors (Lipinski definition) is 3. The summed E-state index contributed by atoms with van der Waals surface area (Å²) in [5.74, 6) is 1.31. The second kappa shape index (κ2) is 4.86. The first kappa shape index (κ1) is 10.8. The fourth-order valence-corrected chi connectivity index (χ4v) is 3.17. The lowest BCUT2D eigenvalue weighted by Gasteiger charge is -2.37. The number of nitrogens with zero attached hydrogens (tertiary/aromatic N) is 1. The highest BCUT2D eigenvalue weighted by Crippen LogP contribution is 2.24. The van der Waals surface area contributed by atoms with Crippen molar-refractivity contribution in [2.45, 2.75) is 44.0 Å². The predicted octanol–water partition coefficient (Wildman–Crippen LogP) is 1.56. The molecule has 0 radical (unpaired) electrons. The highest BCUT2D eigenvalue weighted by atomic mass is 32.2. The Labute approximate surface area is 91.8 Å². The molecule has 0 aromatic carbocycles. The molecule has 2 nitrogen and oxygen atoms in total. The van der Waals surface area contributed by atoms with Crippen molar-refractivity contribution < 1.29 is 0 Å². The van der Waals surface area contributed by atoms with Crippen molar-refractivity contribution in [3.05, 3.63) is 0 Å². The number of rotatable bonds is 4. The van der Waals surface area contributed by atoms with E-state index in [1.807, 2.05) is 0 Å². The van der Waals surface area contributed by atoms with Crippen molar-refractivity contribution in [3.63, 3.8) is 0 Å². The Morgan fingerprint density at radius 2 is 2.14 bits per heavy atom. The van der Waals surface area contributed by atoms with Crippen LogP contribution in [-0.4, -0.2) is 47.6 Å². The standard InChI is InChI=1S/C11H22N2S/c1-9-10(2)14-8-7-13(9)6-5-12-11-3-4-11/h9-12H,3-8H2,1-2H3. The van der Waals surface area contributed by atoms with Gasteiger partial charge in [0, 0.05) is 42.7 Å². The molecule has 0 amide bonds. The van der Waals surface area contributed by atoms with Crippen molar-refractivity contribution in [2.24, 2.45) is 0 Å². The maximum atomic E-state index is 3.59. The van der Waals surface area contributed by atoms with E-state index in [9.17, 15) is 0 Å². The summed E-state index contributed by atoms with van der Waals surface area (Å²) in [7, 11) is 0. The van der Waals surface area contributed by atoms with E-state index in [-0.39, 0.29) is 0 Å². The van der Waals surface area contributed by atoms with E-state index in [1.165, 1.54) is 38.2 Å². The van der Waals surface area contributed by atoms with Crippen LogP contribution in [0, 0.1) is 0 Å². The Kier molecular flexibility index (Phi) is 3.74. The van der Waals surface area contributed by atoms with Crippen molar-refractivity contribution >= 4 is 11.8 Å². The van der Waals surface area contributed by atoms with Crippen LogP contribution in [-0.2, 0) is 0 Å². The summed E-state index contributed by atoms with van der Waals surface area (Å²) in [6.07, 6.45) is 2.81. The smallest absolute Gasteiger partial charge is 0.0184 e. The van der Waals surface area contributed by atoms with Gasteiger partial charge in [0.2, 0.25) is 0 Å². The second-order valence-electron chi connectivity index (χ2n) is 4.58. The van der Waals surface area contributed by atoms with Gasteiger partial charge < -0.3 is 5.32 Å². The molecule has 14 heavy (non-hydrogen) atoms. The van der Waals surface area contributed by atoms with Crippen molar-refractivity contribution in [2.75, 3.05) is 25.4 Å². The summed E-state index contributed by atoms with van der Waals surface area (Å²) in [6, 6.07) is 1.62. The van der Waals surface area contributed by atoms with Crippen LogP contribution in [0.5, 0.6) is 0 Å². The Hall–Kier alpha value is 0.270. The van der Waals surface area contributed by atoms with Crippen LogP contribution in [0.2, 0.25) is 0 Å². The summed E-state index contributed by atoms with van der Waals surface area (Å²) in [5, 5.41) is 4.40. The Morgan fingerprint density at radius 3 is 2.86 bits per heavy atom. The summed E-state index contributed by atoms with van der Waals surface area (Å²) >= 11 is 2.12. The molecule has 0 aromatic rings. The zero-order chi connectivity index (χ0) is 9.97. The van der Waals surface area contributed by atoms with E-state index in [0.717, 1.165) is 17.3 Å². The maximum Gasteiger partial charge on any atom is 0.0184 e. The molecular weight excluding hydrogens is 192 g/mol. The first-order valence-electron chi connectivity index (χ1n) is 5.86. The van der Waals surface area contributed by atoms with E-state index in [0.29, 0.717) is 0 Å². The van der Waals surface area contributed by atoms with Crippen LogP contribution in [0.1, 0.15) is 26.7 Å². The second-order valence-corrected chi connectivity index (χ2v) is 6.07. The summed E-state index contributed by atoms with van der Waals surface area (Å²) in [4.78, 5) is 2.64. The molecule has 0 bridgehead atoms. The normalized spacial score (nSPS) is 34.7. The Bertz CT molecular complexity index is 182. The molecule has 1 saturated heterocycles. The number of nitrogens with one attached hydrogen (secondary N) is 1. The van der Waals surface area contributed by atoms with E-state index >= 15 is 0 Å². The van der Waals surface area contributed by atoms with Crippen molar-refractivity contribution in [3.8, 4) is 0 Å². The maximum absolute atomic E-state index is 3.59. The average molecular weight is 214 g/mol. The quantitative estimate of drug-likeness (QED) is 0.764. The number of hydrogen-bond donors (Lipinski definition) is 1. The summed E-state index contributed by atoms with van der Waals surface area (Å²) < 4.78 is 0. The fourth-order valence-electron chi connectivity index (χ4n) is 2.01. The third-order valence-corrected chi connectivity index (χ3v) is 4.76. The molecule has 0 spiro atoms. The minimum Gasteiger partial charge on any atom is -0.313 e. The highest BCUT2D eigenvalue weighted by Gasteiger charge is 2.25. The van der Waals surface area contributed by atoms with Gasteiger partial charge in [0.25, 0.3) is 0 Å². The molecule has 2 fully saturated rings. The SMILES string of the molecule is CC1SCCN(CCNC2CC2)C1C. The third-order valence-electron chi connectivity index (χ3n) is 3.42. The highest BCUT2D eigenvalue weighted by molar-refractivity contribution is 8.00. The molecule has 82 valence electrons. The topological polar surface area (TPSA) is 15.3 Å². The molecular formula is C11H22N2S. The Morgan fingerprint density at radius 1 is 1.36 bits per heavy atom. The van der Waals surface area contributed by atoms with E-state index < -0.39 is 0 Å². The van der Waals surface area contributed by atoms with Gasteiger partial charge in [-0.05, 0) is 19.8 Å². The number of thioether (sulfide) groups is 1. The third kappa shape index (κ3) is 2.88. The van der Waals surface area contributed by atoms with Crippen LogP contribution in [0.15, 0.2) is 0 Å². The molecule has 0 aromatic heterocycles. The summed E-state index contributed by atoms with van der Waals surface area (Å²) in [5.41, 5.74) is 0. The summed E-state index contributed by atoms with van der Waals surface area (Å²) in [6.45, 7) is 8.43. The lowest BCUT2D eigenvalue weighted by molar-refractivity contribution is 0.213. The molecule has 2 atom stereocenters. The van der Waals surface area contributed by atoms with Gasteiger partial charge in [-0.15, -0.1) is 0 Å². The van der Waals surface area contributed by atoms with Crippen molar-refractivity contribution in [1.29, 1.82) is 0 Å². The van der Waals surface area contributed by atoms with E-state index in [1.54, 1.807) is 0 Å².